The van der Waals surface area contributed by atoms with Gasteiger partial charge in [0.2, 0.25) is 11.8 Å². The number of nitrogens with one attached hydrogen (secondary N) is 1. The van der Waals surface area contributed by atoms with Gasteiger partial charge in [0.05, 0.1) is 0 Å². The van der Waals surface area contributed by atoms with Gasteiger partial charge in [-0.25, -0.2) is 0 Å². The Bertz CT molecular complexity index is 297. The Morgan fingerprint density at radius 3 is 1.83 bits per heavy atom. The molecule has 0 aromatic heterocycles. The fraction of sp³-hybridized carbons (Fsp3) is 0.846. The summed E-state index contributed by atoms with van der Waals surface area (Å²) in [5.41, 5.74) is 0. The van der Waals surface area contributed by atoms with Crippen LogP contribution in [0, 0.1) is 11.8 Å². The fourth-order valence-electron chi connectivity index (χ4n) is 2.22. The first-order chi connectivity index (χ1) is 8.47. The second-order valence-corrected chi connectivity index (χ2v) is 5.26. The second-order valence-electron chi connectivity index (χ2n) is 5.26. The monoisotopic (exact) mass is 255 g/mol. The quantitative estimate of drug-likeness (QED) is 0.779. The molecule has 2 amide bonds. The van der Waals surface area contributed by atoms with Crippen molar-refractivity contribution in [3.63, 3.8) is 0 Å². The number of hydrogen-bond donors (Lipinski definition) is 1. The van der Waals surface area contributed by atoms with E-state index >= 15 is 0 Å². The van der Waals surface area contributed by atoms with Gasteiger partial charge in [0.15, 0.2) is 0 Å². The number of hydrogen-bond acceptors (Lipinski definition) is 3. The lowest BCUT2D eigenvalue weighted by Gasteiger charge is -2.36. The van der Waals surface area contributed by atoms with E-state index in [9.17, 15) is 9.59 Å². The highest BCUT2D eigenvalue weighted by Gasteiger charge is 2.27. The van der Waals surface area contributed by atoms with Crippen LogP contribution in [0.2, 0.25) is 0 Å². The Labute approximate surface area is 110 Å². The zero-order chi connectivity index (χ0) is 13.7. The van der Waals surface area contributed by atoms with Gasteiger partial charge < -0.3 is 15.1 Å². The van der Waals surface area contributed by atoms with Crippen LogP contribution in [0.5, 0.6) is 0 Å². The van der Waals surface area contributed by atoms with Crippen LogP contribution in [-0.4, -0.2) is 61.4 Å². The molecule has 1 rings (SSSR count). The summed E-state index contributed by atoms with van der Waals surface area (Å²) in [4.78, 5) is 27.6. The smallest absolute Gasteiger partial charge is 0.226 e. The van der Waals surface area contributed by atoms with Crippen molar-refractivity contribution in [1.82, 2.24) is 15.1 Å². The molecule has 1 saturated heterocycles. The summed E-state index contributed by atoms with van der Waals surface area (Å²) in [7, 11) is 1.85. The maximum atomic E-state index is 12.1. The first-order valence-corrected chi connectivity index (χ1v) is 6.69. The molecule has 1 aliphatic rings. The number of rotatable bonds is 4. The highest BCUT2D eigenvalue weighted by atomic mass is 16.2. The Kier molecular flexibility index (Phi) is 5.59. The zero-order valence-electron chi connectivity index (χ0n) is 11.9. The Hall–Kier alpha value is -1.10. The molecule has 0 aliphatic carbocycles. The van der Waals surface area contributed by atoms with E-state index in [1.54, 1.807) is 0 Å². The highest BCUT2D eigenvalue weighted by molar-refractivity contribution is 5.80. The minimum absolute atomic E-state index is 0.00218. The summed E-state index contributed by atoms with van der Waals surface area (Å²) in [5, 5.41) is 3.02. The molecule has 1 aliphatic heterocycles. The van der Waals surface area contributed by atoms with Gasteiger partial charge in [0, 0.05) is 44.6 Å². The molecule has 0 saturated carbocycles. The molecule has 18 heavy (non-hydrogen) atoms. The van der Waals surface area contributed by atoms with E-state index in [1.165, 1.54) is 0 Å². The molecule has 1 fully saturated rings. The van der Waals surface area contributed by atoms with Gasteiger partial charge in [0.25, 0.3) is 0 Å². The summed E-state index contributed by atoms with van der Waals surface area (Å²) in [6, 6.07) is 0. The first kappa shape index (κ1) is 15.0. The Morgan fingerprint density at radius 2 is 1.44 bits per heavy atom. The molecule has 0 spiro atoms. The van der Waals surface area contributed by atoms with E-state index in [0.29, 0.717) is 32.7 Å². The zero-order valence-corrected chi connectivity index (χ0v) is 11.9. The van der Waals surface area contributed by atoms with Crippen LogP contribution in [0.25, 0.3) is 0 Å². The number of carbonyl (C=O) groups excluding carboxylic acids is 2. The molecule has 1 unspecified atom stereocenters. The Morgan fingerprint density at radius 1 is 1.00 bits per heavy atom. The summed E-state index contributed by atoms with van der Waals surface area (Å²) >= 11 is 0. The van der Waals surface area contributed by atoms with Gasteiger partial charge in [-0.3, -0.25) is 9.59 Å². The Balaban J connectivity index is 2.44. The average molecular weight is 255 g/mol. The number of amides is 2. The second kappa shape index (κ2) is 6.73. The van der Waals surface area contributed by atoms with E-state index in [4.69, 9.17) is 0 Å². The van der Waals surface area contributed by atoms with E-state index in [0.717, 1.165) is 0 Å². The van der Waals surface area contributed by atoms with Gasteiger partial charge in [0.1, 0.15) is 0 Å². The van der Waals surface area contributed by atoms with Crippen molar-refractivity contribution in [1.29, 1.82) is 0 Å². The molecule has 5 nitrogen and oxygen atoms in total. The molecule has 1 N–H and O–H groups in total. The van der Waals surface area contributed by atoms with E-state index in [2.05, 4.69) is 5.32 Å². The number of carbonyl (C=O) groups is 2. The van der Waals surface area contributed by atoms with Gasteiger partial charge in [-0.1, -0.05) is 20.8 Å². The van der Waals surface area contributed by atoms with E-state index in [-0.39, 0.29) is 23.7 Å². The van der Waals surface area contributed by atoms with E-state index in [1.807, 2.05) is 37.6 Å². The minimum atomic E-state index is 0.00218. The maximum Gasteiger partial charge on any atom is 0.226 e. The molecule has 0 aromatic carbocycles. The maximum absolute atomic E-state index is 12.1. The number of piperazine rings is 1. The molecule has 1 heterocycles. The number of nitrogens with zero attached hydrogens (tertiary/aromatic N) is 2. The molecule has 0 bridgehead atoms. The van der Waals surface area contributed by atoms with Crippen molar-refractivity contribution >= 4 is 11.8 Å². The molecule has 1 atom stereocenters. The largest absolute Gasteiger partial charge is 0.339 e. The van der Waals surface area contributed by atoms with Crippen LogP contribution in [-0.2, 0) is 9.59 Å². The molecule has 5 heteroatoms. The van der Waals surface area contributed by atoms with Crippen LogP contribution >= 0.6 is 0 Å². The van der Waals surface area contributed by atoms with E-state index < -0.39 is 0 Å². The summed E-state index contributed by atoms with van der Waals surface area (Å²) < 4.78 is 0. The van der Waals surface area contributed by atoms with Crippen LogP contribution in [0.3, 0.4) is 0 Å². The predicted octanol–water partition coefficient (Wildman–Crippen LogP) is 0.169. The van der Waals surface area contributed by atoms with Crippen LogP contribution in [0.15, 0.2) is 0 Å². The van der Waals surface area contributed by atoms with Crippen LogP contribution in [0.4, 0.5) is 0 Å². The van der Waals surface area contributed by atoms with Crippen molar-refractivity contribution < 1.29 is 9.59 Å². The molecule has 104 valence electrons. The third-order valence-corrected chi connectivity index (χ3v) is 3.33. The van der Waals surface area contributed by atoms with Gasteiger partial charge >= 0.3 is 0 Å². The lowest BCUT2D eigenvalue weighted by atomic mass is 10.1. The minimum Gasteiger partial charge on any atom is -0.339 e. The van der Waals surface area contributed by atoms with Crippen molar-refractivity contribution in [3.05, 3.63) is 0 Å². The standard InChI is InChI=1S/C13H25N3O2/c1-10(2)12(17)15-5-7-16(8-6-15)13(18)11(3)9-14-4/h10-11,14H,5-9H2,1-4H3. The third kappa shape index (κ3) is 3.70. The van der Waals surface area contributed by atoms with Gasteiger partial charge in [-0.05, 0) is 7.05 Å². The highest BCUT2D eigenvalue weighted by Crippen LogP contribution is 2.10. The van der Waals surface area contributed by atoms with Crippen LogP contribution in [0.1, 0.15) is 20.8 Å². The molecule has 0 aromatic rings. The predicted molar refractivity (Wildman–Crippen MR) is 71.1 cm³/mol. The van der Waals surface area contributed by atoms with Crippen molar-refractivity contribution in [2.75, 3.05) is 39.8 Å². The van der Waals surface area contributed by atoms with Gasteiger partial charge in [-0.15, -0.1) is 0 Å². The molecule has 0 radical (unpaired) electrons. The van der Waals surface area contributed by atoms with Gasteiger partial charge in [-0.2, -0.15) is 0 Å². The fourth-order valence-corrected chi connectivity index (χ4v) is 2.22. The summed E-state index contributed by atoms with van der Waals surface area (Å²) in [6.45, 7) is 9.10. The van der Waals surface area contributed by atoms with Crippen molar-refractivity contribution in [2.45, 2.75) is 20.8 Å². The average Bonchev–Trinajstić information content (AvgIpc) is 2.37. The SMILES string of the molecule is CNCC(C)C(=O)N1CCN(C(=O)C(C)C)CC1. The first-order valence-electron chi connectivity index (χ1n) is 6.69. The van der Waals surface area contributed by atoms with Crippen molar-refractivity contribution in [2.24, 2.45) is 11.8 Å². The molecular weight excluding hydrogens is 230 g/mol. The topological polar surface area (TPSA) is 52.7 Å². The molecular formula is C13H25N3O2. The lowest BCUT2D eigenvalue weighted by molar-refractivity contribution is -0.143. The third-order valence-electron chi connectivity index (χ3n) is 3.33. The normalized spacial score (nSPS) is 18.1. The summed E-state index contributed by atoms with van der Waals surface area (Å²) in [5.74, 6) is 0.407. The van der Waals surface area contributed by atoms with Crippen molar-refractivity contribution in [3.8, 4) is 0 Å². The summed E-state index contributed by atoms with van der Waals surface area (Å²) in [6.07, 6.45) is 0. The van der Waals surface area contributed by atoms with Crippen LogP contribution < -0.4 is 5.32 Å². The lowest BCUT2D eigenvalue weighted by Crippen LogP contribution is -2.53.